The highest BCUT2D eigenvalue weighted by atomic mass is 15.3. The SMILES string of the molecule is CN1Cc2cc(-c3cnc(N)c(-n4cccn4)n3)ccc2C2(CC2)C1. The van der Waals surface area contributed by atoms with Crippen LogP contribution >= 0.6 is 0 Å². The third-order valence-corrected chi connectivity index (χ3v) is 5.34. The molecule has 6 nitrogen and oxygen atoms in total. The van der Waals surface area contributed by atoms with Gasteiger partial charge in [-0.05, 0) is 43.1 Å². The first kappa shape index (κ1) is 14.6. The topological polar surface area (TPSA) is 72.9 Å². The van der Waals surface area contributed by atoms with Crippen molar-refractivity contribution in [2.75, 3.05) is 19.3 Å². The van der Waals surface area contributed by atoms with Gasteiger partial charge in [-0.3, -0.25) is 0 Å². The first-order valence-electron chi connectivity index (χ1n) is 8.59. The summed E-state index contributed by atoms with van der Waals surface area (Å²) >= 11 is 0. The number of hydrogen-bond donors (Lipinski definition) is 1. The molecule has 0 radical (unpaired) electrons. The van der Waals surface area contributed by atoms with Crippen LogP contribution in [0.25, 0.3) is 17.1 Å². The fourth-order valence-electron chi connectivity index (χ4n) is 4.02. The minimum Gasteiger partial charge on any atom is -0.381 e. The van der Waals surface area contributed by atoms with Gasteiger partial charge in [-0.15, -0.1) is 0 Å². The summed E-state index contributed by atoms with van der Waals surface area (Å²) in [5.74, 6) is 0.943. The van der Waals surface area contributed by atoms with Crippen LogP contribution in [0.1, 0.15) is 24.0 Å². The van der Waals surface area contributed by atoms with Gasteiger partial charge in [-0.1, -0.05) is 12.1 Å². The minimum absolute atomic E-state index is 0.377. The van der Waals surface area contributed by atoms with E-state index in [2.05, 4.69) is 40.2 Å². The fraction of sp³-hybridized carbons (Fsp3) is 0.316. The Morgan fingerprint density at radius 2 is 2.12 bits per heavy atom. The van der Waals surface area contributed by atoms with E-state index in [0.717, 1.165) is 17.8 Å². The molecular weight excluding hydrogens is 312 g/mol. The minimum atomic E-state index is 0.377. The quantitative estimate of drug-likeness (QED) is 0.780. The molecule has 1 fully saturated rings. The molecular formula is C19H20N6. The Balaban J connectivity index is 1.59. The van der Waals surface area contributed by atoms with Crippen LogP contribution in [-0.4, -0.2) is 38.2 Å². The Kier molecular flexibility index (Phi) is 3.00. The summed E-state index contributed by atoms with van der Waals surface area (Å²) in [7, 11) is 2.20. The number of aromatic nitrogens is 4. The van der Waals surface area contributed by atoms with Crippen LogP contribution in [-0.2, 0) is 12.0 Å². The zero-order valence-electron chi connectivity index (χ0n) is 14.2. The van der Waals surface area contributed by atoms with Crippen molar-refractivity contribution in [2.24, 2.45) is 0 Å². The smallest absolute Gasteiger partial charge is 0.196 e. The van der Waals surface area contributed by atoms with E-state index >= 15 is 0 Å². The van der Waals surface area contributed by atoms with Crippen molar-refractivity contribution in [3.05, 3.63) is 54.0 Å². The molecule has 0 atom stereocenters. The van der Waals surface area contributed by atoms with Gasteiger partial charge in [0.15, 0.2) is 11.6 Å². The second kappa shape index (κ2) is 5.13. The molecule has 0 unspecified atom stereocenters. The Labute approximate surface area is 146 Å². The standard InChI is InChI=1S/C19H20N6/c1-24-11-14-9-13(3-4-15(14)19(12-24)5-6-19)16-10-21-17(20)18(23-16)25-8-2-7-22-25/h2-4,7-10H,5-6,11-12H2,1H3,(H2,20,21). The zero-order valence-corrected chi connectivity index (χ0v) is 14.2. The average Bonchev–Trinajstić information content (AvgIpc) is 3.15. The second-order valence-corrected chi connectivity index (χ2v) is 7.24. The van der Waals surface area contributed by atoms with E-state index in [4.69, 9.17) is 10.7 Å². The van der Waals surface area contributed by atoms with E-state index < -0.39 is 0 Å². The van der Waals surface area contributed by atoms with Gasteiger partial charge in [0.1, 0.15) is 0 Å². The maximum Gasteiger partial charge on any atom is 0.196 e. The van der Waals surface area contributed by atoms with E-state index in [1.807, 2.05) is 12.3 Å². The van der Waals surface area contributed by atoms with Gasteiger partial charge in [0.25, 0.3) is 0 Å². The second-order valence-electron chi connectivity index (χ2n) is 7.24. The van der Waals surface area contributed by atoms with Gasteiger partial charge in [-0.2, -0.15) is 5.10 Å². The van der Waals surface area contributed by atoms with E-state index in [1.165, 1.54) is 30.5 Å². The summed E-state index contributed by atoms with van der Waals surface area (Å²) in [5, 5.41) is 4.22. The number of anilines is 1. The molecule has 1 spiro atoms. The first-order valence-corrected chi connectivity index (χ1v) is 8.59. The van der Waals surface area contributed by atoms with Gasteiger partial charge in [0, 0.05) is 36.5 Å². The first-order chi connectivity index (χ1) is 12.1. The van der Waals surface area contributed by atoms with Gasteiger partial charge < -0.3 is 10.6 Å². The molecule has 6 heteroatoms. The molecule has 1 aliphatic heterocycles. The molecule has 0 amide bonds. The van der Waals surface area contributed by atoms with Gasteiger partial charge in [-0.25, -0.2) is 14.6 Å². The lowest BCUT2D eigenvalue weighted by Crippen LogP contribution is -2.35. The van der Waals surface area contributed by atoms with Crippen LogP contribution in [0.15, 0.2) is 42.9 Å². The number of likely N-dealkylation sites (N-methyl/N-ethyl adjacent to an activating group) is 1. The number of benzene rings is 1. The van der Waals surface area contributed by atoms with Crippen molar-refractivity contribution in [3.63, 3.8) is 0 Å². The molecule has 1 aliphatic carbocycles. The largest absolute Gasteiger partial charge is 0.381 e. The number of rotatable bonds is 2. The highest BCUT2D eigenvalue weighted by Gasteiger charge is 2.48. The number of hydrogen-bond acceptors (Lipinski definition) is 5. The van der Waals surface area contributed by atoms with E-state index in [1.54, 1.807) is 17.1 Å². The van der Waals surface area contributed by atoms with Crippen LogP contribution in [0.3, 0.4) is 0 Å². The van der Waals surface area contributed by atoms with Crippen LogP contribution in [0.5, 0.6) is 0 Å². The van der Waals surface area contributed by atoms with Crippen molar-refractivity contribution in [1.82, 2.24) is 24.6 Å². The highest BCUT2D eigenvalue weighted by Crippen LogP contribution is 2.52. The summed E-state index contributed by atoms with van der Waals surface area (Å²) in [6.07, 6.45) is 7.87. The van der Waals surface area contributed by atoms with Crippen LogP contribution < -0.4 is 5.73 Å². The van der Waals surface area contributed by atoms with Gasteiger partial charge >= 0.3 is 0 Å². The number of nitrogens with zero attached hydrogens (tertiary/aromatic N) is 5. The predicted molar refractivity (Wildman–Crippen MR) is 96.2 cm³/mol. The summed E-state index contributed by atoms with van der Waals surface area (Å²) in [4.78, 5) is 11.4. The molecule has 3 heterocycles. The van der Waals surface area contributed by atoms with Crippen molar-refractivity contribution < 1.29 is 0 Å². The van der Waals surface area contributed by atoms with Crippen LogP contribution in [0, 0.1) is 0 Å². The monoisotopic (exact) mass is 332 g/mol. The summed E-state index contributed by atoms with van der Waals surface area (Å²) < 4.78 is 1.65. The van der Waals surface area contributed by atoms with Crippen molar-refractivity contribution >= 4 is 5.82 Å². The molecule has 126 valence electrons. The Morgan fingerprint density at radius 3 is 2.88 bits per heavy atom. The zero-order chi connectivity index (χ0) is 17.0. The predicted octanol–water partition coefficient (Wildman–Crippen LogP) is 2.39. The van der Waals surface area contributed by atoms with Crippen molar-refractivity contribution in [1.29, 1.82) is 0 Å². The molecule has 1 aromatic carbocycles. The fourth-order valence-corrected chi connectivity index (χ4v) is 4.02. The van der Waals surface area contributed by atoms with E-state index in [-0.39, 0.29) is 0 Å². The third kappa shape index (κ3) is 2.33. The summed E-state index contributed by atoms with van der Waals surface area (Å²) in [6, 6.07) is 8.56. The maximum atomic E-state index is 5.99. The third-order valence-electron chi connectivity index (χ3n) is 5.34. The van der Waals surface area contributed by atoms with Crippen LogP contribution in [0.2, 0.25) is 0 Å². The molecule has 2 aliphatic rings. The van der Waals surface area contributed by atoms with Crippen LogP contribution in [0.4, 0.5) is 5.82 Å². The lowest BCUT2D eigenvalue weighted by Gasteiger charge is -2.32. The Bertz CT molecular complexity index is 943. The van der Waals surface area contributed by atoms with E-state index in [9.17, 15) is 0 Å². The lowest BCUT2D eigenvalue weighted by atomic mass is 9.86. The number of fused-ring (bicyclic) bond motifs is 2. The summed E-state index contributed by atoms with van der Waals surface area (Å²) in [6.45, 7) is 2.16. The Morgan fingerprint density at radius 1 is 1.24 bits per heavy atom. The molecule has 0 saturated heterocycles. The van der Waals surface area contributed by atoms with Crippen molar-refractivity contribution in [2.45, 2.75) is 24.8 Å². The van der Waals surface area contributed by atoms with Gasteiger partial charge in [0.2, 0.25) is 0 Å². The lowest BCUT2D eigenvalue weighted by molar-refractivity contribution is 0.271. The summed E-state index contributed by atoms with van der Waals surface area (Å²) in [5.41, 5.74) is 11.2. The molecule has 25 heavy (non-hydrogen) atoms. The molecule has 1 saturated carbocycles. The molecule has 2 N–H and O–H groups in total. The highest BCUT2D eigenvalue weighted by molar-refractivity contribution is 5.64. The van der Waals surface area contributed by atoms with E-state index in [0.29, 0.717) is 17.1 Å². The molecule has 3 aromatic rings. The normalized spacial score (nSPS) is 18.3. The Hall–Kier alpha value is -2.73. The average molecular weight is 332 g/mol. The van der Waals surface area contributed by atoms with Crippen molar-refractivity contribution in [3.8, 4) is 17.1 Å². The molecule has 5 rings (SSSR count). The number of nitrogens with two attached hydrogens (primary N) is 1. The molecule has 0 bridgehead atoms. The molecule has 2 aromatic heterocycles. The number of nitrogen functional groups attached to an aromatic ring is 1. The maximum absolute atomic E-state index is 5.99. The van der Waals surface area contributed by atoms with Gasteiger partial charge in [0.05, 0.1) is 11.9 Å².